The van der Waals surface area contributed by atoms with E-state index in [0.29, 0.717) is 35.9 Å². The number of halogens is 1. The molecule has 4 heterocycles. The van der Waals surface area contributed by atoms with E-state index in [0.717, 1.165) is 9.99 Å². The minimum atomic E-state index is -0.570. The predicted molar refractivity (Wildman–Crippen MR) is 109 cm³/mol. The van der Waals surface area contributed by atoms with Crippen LogP contribution >= 0.6 is 15.9 Å². The zero-order valence-corrected chi connectivity index (χ0v) is 17.0. The molecule has 0 bridgehead atoms. The molecule has 11 heteroatoms. The number of primary amides is 1. The number of aromatic nitrogens is 4. The van der Waals surface area contributed by atoms with Gasteiger partial charge in [0.1, 0.15) is 6.07 Å². The number of nitrogens with one attached hydrogen (secondary N) is 1. The van der Waals surface area contributed by atoms with Gasteiger partial charge >= 0.3 is 0 Å². The summed E-state index contributed by atoms with van der Waals surface area (Å²) in [6.07, 6.45) is 6.04. The van der Waals surface area contributed by atoms with Crippen molar-refractivity contribution in [2.24, 2.45) is 5.73 Å². The van der Waals surface area contributed by atoms with Gasteiger partial charge in [0.15, 0.2) is 0 Å². The van der Waals surface area contributed by atoms with Crippen molar-refractivity contribution in [1.29, 1.82) is 5.26 Å². The van der Waals surface area contributed by atoms with Crippen molar-refractivity contribution in [2.75, 3.05) is 30.4 Å². The van der Waals surface area contributed by atoms with Gasteiger partial charge in [-0.05, 0) is 22.0 Å². The van der Waals surface area contributed by atoms with Gasteiger partial charge in [-0.1, -0.05) is 0 Å². The Bertz CT molecular complexity index is 1110. The monoisotopic (exact) mass is 456 g/mol. The third-order valence-electron chi connectivity index (χ3n) is 4.82. The minimum Gasteiger partial charge on any atom is -0.377 e. The molecule has 148 valence electrons. The molecular weight excluding hydrogens is 440 g/mol. The lowest BCUT2D eigenvalue weighted by Crippen LogP contribution is -2.34. The Balaban J connectivity index is 1.65. The molecule has 10 nitrogen and oxygen atoms in total. The Morgan fingerprint density at radius 3 is 2.79 bits per heavy atom. The molecule has 1 saturated heterocycles. The standard InChI is InChI=1S/C18H17BrN8O2/c1-29-15-9-26(18-22-4-10(3-20)5-23-18)8-13(15)25-16-12(17(21)28)6-24-27-7-11(19)2-14(16)27/h2,4-7,13,15,25H,8-9H2,1H3,(H2,21,28)/t13-,15+/m1/s1. The highest BCUT2D eigenvalue weighted by atomic mass is 79.9. The number of carbonyl (C=O) groups is 1. The fraction of sp³-hybridized carbons (Fsp3) is 0.278. The number of hydrogen-bond donors (Lipinski definition) is 2. The van der Waals surface area contributed by atoms with Crippen LogP contribution in [-0.4, -0.2) is 57.8 Å². The molecule has 3 aromatic heterocycles. The molecule has 0 saturated carbocycles. The molecule has 1 amide bonds. The first-order valence-electron chi connectivity index (χ1n) is 8.73. The number of nitriles is 1. The Morgan fingerprint density at radius 2 is 2.14 bits per heavy atom. The van der Waals surface area contributed by atoms with Crippen molar-refractivity contribution >= 4 is 39.0 Å². The van der Waals surface area contributed by atoms with Crippen LogP contribution in [0.25, 0.3) is 5.52 Å². The van der Waals surface area contributed by atoms with Crippen LogP contribution in [0, 0.1) is 11.3 Å². The highest BCUT2D eigenvalue weighted by Crippen LogP contribution is 2.29. The van der Waals surface area contributed by atoms with Gasteiger partial charge in [-0.3, -0.25) is 4.79 Å². The van der Waals surface area contributed by atoms with Crippen LogP contribution in [-0.2, 0) is 4.74 Å². The number of fused-ring (bicyclic) bond motifs is 1. The highest BCUT2D eigenvalue weighted by Gasteiger charge is 2.35. The second-order valence-electron chi connectivity index (χ2n) is 6.60. The maximum Gasteiger partial charge on any atom is 0.252 e. The van der Waals surface area contributed by atoms with E-state index in [2.05, 4.69) is 36.3 Å². The van der Waals surface area contributed by atoms with Crippen molar-refractivity contribution in [3.63, 3.8) is 0 Å². The maximum atomic E-state index is 12.0. The third kappa shape index (κ3) is 3.59. The van der Waals surface area contributed by atoms with Gasteiger partial charge in [0.25, 0.3) is 5.91 Å². The van der Waals surface area contributed by atoms with E-state index in [1.54, 1.807) is 17.8 Å². The van der Waals surface area contributed by atoms with E-state index in [4.69, 9.17) is 15.7 Å². The van der Waals surface area contributed by atoms with Gasteiger partial charge in [0.05, 0.1) is 53.1 Å². The molecule has 4 rings (SSSR count). The topological polar surface area (TPSA) is 134 Å². The quantitative estimate of drug-likeness (QED) is 0.583. The molecule has 29 heavy (non-hydrogen) atoms. The molecule has 0 aliphatic carbocycles. The number of nitrogens with zero attached hydrogens (tertiary/aromatic N) is 6. The van der Waals surface area contributed by atoms with E-state index in [1.165, 1.54) is 18.6 Å². The Kier molecular flexibility index (Phi) is 5.04. The van der Waals surface area contributed by atoms with E-state index in [1.807, 2.05) is 17.0 Å². The van der Waals surface area contributed by atoms with E-state index in [9.17, 15) is 4.79 Å². The first-order chi connectivity index (χ1) is 14.0. The number of anilines is 2. The summed E-state index contributed by atoms with van der Waals surface area (Å²) in [5, 5.41) is 16.6. The van der Waals surface area contributed by atoms with Gasteiger partial charge in [-0.25, -0.2) is 14.5 Å². The van der Waals surface area contributed by atoms with Crippen molar-refractivity contribution in [3.8, 4) is 6.07 Å². The normalized spacial score (nSPS) is 18.7. The fourth-order valence-corrected chi connectivity index (χ4v) is 3.82. The summed E-state index contributed by atoms with van der Waals surface area (Å²) in [5.74, 6) is -0.0603. The lowest BCUT2D eigenvalue weighted by Gasteiger charge is -2.21. The average Bonchev–Trinajstić information content (AvgIpc) is 3.30. The van der Waals surface area contributed by atoms with Gasteiger partial charge < -0.3 is 20.7 Å². The van der Waals surface area contributed by atoms with E-state index >= 15 is 0 Å². The SMILES string of the molecule is CO[C@H]1CN(c2ncc(C#N)cn2)C[C@H]1Nc1c(C(N)=O)cnn2cc(Br)cc12. The third-order valence-corrected chi connectivity index (χ3v) is 5.25. The van der Waals surface area contributed by atoms with Crippen LogP contribution in [0.15, 0.2) is 35.3 Å². The number of carbonyl (C=O) groups excluding carboxylic acids is 1. The molecule has 0 spiro atoms. The van der Waals surface area contributed by atoms with Crippen molar-refractivity contribution < 1.29 is 9.53 Å². The highest BCUT2D eigenvalue weighted by molar-refractivity contribution is 9.10. The van der Waals surface area contributed by atoms with Crippen LogP contribution in [0.3, 0.4) is 0 Å². The molecule has 0 radical (unpaired) electrons. The summed E-state index contributed by atoms with van der Waals surface area (Å²) >= 11 is 3.43. The molecule has 3 N–H and O–H groups in total. The number of ether oxygens (including phenoxy) is 1. The van der Waals surface area contributed by atoms with Crippen LogP contribution in [0.5, 0.6) is 0 Å². The van der Waals surface area contributed by atoms with Crippen LogP contribution in [0.2, 0.25) is 0 Å². The zero-order valence-electron chi connectivity index (χ0n) is 15.4. The largest absolute Gasteiger partial charge is 0.377 e. The summed E-state index contributed by atoms with van der Waals surface area (Å²) < 4.78 is 8.14. The second-order valence-corrected chi connectivity index (χ2v) is 7.51. The van der Waals surface area contributed by atoms with Crippen molar-refractivity contribution in [3.05, 3.63) is 46.5 Å². The lowest BCUT2D eigenvalue weighted by atomic mass is 10.1. The molecule has 2 atom stereocenters. The molecule has 0 unspecified atom stereocenters. The van der Waals surface area contributed by atoms with Gasteiger partial charge in [-0.2, -0.15) is 10.4 Å². The number of rotatable bonds is 5. The Morgan fingerprint density at radius 1 is 1.38 bits per heavy atom. The number of nitrogens with two attached hydrogens (primary N) is 1. The van der Waals surface area contributed by atoms with Gasteiger partial charge in [0, 0.05) is 30.9 Å². The fourth-order valence-electron chi connectivity index (χ4n) is 3.41. The molecule has 3 aromatic rings. The molecule has 1 aliphatic heterocycles. The van der Waals surface area contributed by atoms with Crippen molar-refractivity contribution in [1.82, 2.24) is 19.6 Å². The average molecular weight is 457 g/mol. The van der Waals surface area contributed by atoms with Gasteiger partial charge in [-0.15, -0.1) is 0 Å². The minimum absolute atomic E-state index is 0.155. The van der Waals surface area contributed by atoms with Crippen LogP contribution in [0.4, 0.5) is 11.6 Å². The summed E-state index contributed by atoms with van der Waals surface area (Å²) in [5.41, 5.74) is 7.58. The first kappa shape index (κ1) is 19.1. The Labute approximate surface area is 174 Å². The van der Waals surface area contributed by atoms with Crippen LogP contribution in [0.1, 0.15) is 15.9 Å². The maximum absolute atomic E-state index is 12.0. The summed E-state index contributed by atoms with van der Waals surface area (Å²) in [7, 11) is 1.63. The Hall–Kier alpha value is -3.23. The zero-order chi connectivity index (χ0) is 20.5. The molecule has 1 fully saturated rings. The first-order valence-corrected chi connectivity index (χ1v) is 9.52. The van der Waals surface area contributed by atoms with Gasteiger partial charge in [0.2, 0.25) is 5.95 Å². The van der Waals surface area contributed by atoms with Crippen molar-refractivity contribution in [2.45, 2.75) is 12.1 Å². The number of methoxy groups -OCH3 is 1. The predicted octanol–water partition coefficient (Wildman–Crippen LogP) is 1.17. The van der Waals surface area contributed by atoms with E-state index < -0.39 is 5.91 Å². The summed E-state index contributed by atoms with van der Waals surface area (Å²) in [6, 6.07) is 3.71. The second kappa shape index (κ2) is 7.65. The van der Waals surface area contributed by atoms with Crippen LogP contribution < -0.4 is 16.0 Å². The molecular formula is C18H17BrN8O2. The lowest BCUT2D eigenvalue weighted by molar-refractivity contribution is 0.0999. The number of hydrogen-bond acceptors (Lipinski definition) is 8. The summed E-state index contributed by atoms with van der Waals surface area (Å²) in [4.78, 5) is 22.4. The number of amides is 1. The molecule has 0 aromatic carbocycles. The van der Waals surface area contributed by atoms with E-state index in [-0.39, 0.29) is 12.1 Å². The smallest absolute Gasteiger partial charge is 0.252 e. The molecule has 1 aliphatic rings. The summed E-state index contributed by atoms with van der Waals surface area (Å²) in [6.45, 7) is 1.09.